The average Bonchev–Trinajstić information content (AvgIpc) is 1.96. The Morgan fingerprint density at radius 2 is 1.83 bits per heavy atom. The predicted molar refractivity (Wildman–Crippen MR) is 56.1 cm³/mol. The summed E-state index contributed by atoms with van der Waals surface area (Å²) in [6.07, 6.45) is 3.85. The normalized spacial score (nSPS) is 11.3. The minimum absolute atomic E-state index is 0.201. The van der Waals surface area contributed by atoms with Crippen molar-refractivity contribution < 1.29 is 0 Å². The Labute approximate surface area is 77.2 Å². The molecular weight excluding hydrogens is 146 g/mol. The number of hydrogen-bond acceptors (Lipinski definition) is 1. The molecule has 0 amide bonds. The molecule has 0 saturated heterocycles. The largest absolute Gasteiger partial charge is 0.388 e. The van der Waals surface area contributed by atoms with E-state index in [1.54, 1.807) is 0 Å². The van der Waals surface area contributed by atoms with Crippen LogP contribution in [-0.4, -0.2) is 6.54 Å². The highest BCUT2D eigenvalue weighted by Crippen LogP contribution is 2.20. The molecule has 0 atom stereocenters. The average molecular weight is 169 g/mol. The molecule has 0 bridgehead atoms. The standard InChI is InChI=1S/C11H23N/c1-6-7-8-9-12-10(2)11(3,4)5/h12H,2,6-9H2,1,3-5H3. The third-order valence-electron chi connectivity index (χ3n) is 2.02. The van der Waals surface area contributed by atoms with Crippen molar-refractivity contribution in [1.82, 2.24) is 5.32 Å². The van der Waals surface area contributed by atoms with Crippen LogP contribution in [0.4, 0.5) is 0 Å². The van der Waals surface area contributed by atoms with Crippen LogP contribution in [0.2, 0.25) is 0 Å². The van der Waals surface area contributed by atoms with Crippen LogP contribution < -0.4 is 5.32 Å². The third kappa shape index (κ3) is 5.22. The quantitative estimate of drug-likeness (QED) is 0.622. The van der Waals surface area contributed by atoms with Gasteiger partial charge in [-0.05, 0) is 6.42 Å². The van der Waals surface area contributed by atoms with Gasteiger partial charge >= 0.3 is 0 Å². The van der Waals surface area contributed by atoms with Gasteiger partial charge in [0.05, 0.1) is 0 Å². The molecule has 0 rings (SSSR count). The molecule has 0 aromatic rings. The molecule has 0 fully saturated rings. The number of allylic oxidation sites excluding steroid dienone is 1. The Morgan fingerprint density at radius 1 is 1.25 bits per heavy atom. The highest BCUT2D eigenvalue weighted by atomic mass is 14.9. The zero-order valence-corrected chi connectivity index (χ0v) is 9.04. The highest BCUT2D eigenvalue weighted by molar-refractivity contribution is 5.01. The van der Waals surface area contributed by atoms with E-state index in [1.807, 2.05) is 0 Å². The van der Waals surface area contributed by atoms with E-state index in [-0.39, 0.29) is 5.41 Å². The van der Waals surface area contributed by atoms with E-state index in [4.69, 9.17) is 0 Å². The Kier molecular flexibility index (Phi) is 5.03. The first-order valence-electron chi connectivity index (χ1n) is 4.91. The molecule has 12 heavy (non-hydrogen) atoms. The fraction of sp³-hybridized carbons (Fsp3) is 0.818. The van der Waals surface area contributed by atoms with Gasteiger partial charge in [0.25, 0.3) is 0 Å². The van der Waals surface area contributed by atoms with Crippen LogP contribution in [0.1, 0.15) is 47.0 Å². The van der Waals surface area contributed by atoms with Gasteiger partial charge in [-0.25, -0.2) is 0 Å². The summed E-state index contributed by atoms with van der Waals surface area (Å²) in [5, 5.41) is 3.36. The molecule has 0 aliphatic rings. The van der Waals surface area contributed by atoms with E-state index in [0.717, 1.165) is 12.2 Å². The summed E-state index contributed by atoms with van der Waals surface area (Å²) in [5.74, 6) is 0. The van der Waals surface area contributed by atoms with Crippen molar-refractivity contribution in [2.24, 2.45) is 5.41 Å². The van der Waals surface area contributed by atoms with Gasteiger partial charge < -0.3 is 5.32 Å². The van der Waals surface area contributed by atoms with Crippen LogP contribution >= 0.6 is 0 Å². The van der Waals surface area contributed by atoms with Crippen molar-refractivity contribution in [3.63, 3.8) is 0 Å². The van der Waals surface area contributed by atoms with Crippen molar-refractivity contribution in [2.45, 2.75) is 47.0 Å². The fourth-order valence-electron chi connectivity index (χ4n) is 0.879. The number of unbranched alkanes of at least 4 members (excludes halogenated alkanes) is 2. The second kappa shape index (κ2) is 5.23. The molecule has 0 radical (unpaired) electrons. The van der Waals surface area contributed by atoms with Gasteiger partial charge in [0.1, 0.15) is 0 Å². The minimum Gasteiger partial charge on any atom is -0.388 e. The maximum absolute atomic E-state index is 4.01. The van der Waals surface area contributed by atoms with Gasteiger partial charge in [0.2, 0.25) is 0 Å². The van der Waals surface area contributed by atoms with Gasteiger partial charge in [-0.3, -0.25) is 0 Å². The van der Waals surface area contributed by atoms with Gasteiger partial charge in [-0.1, -0.05) is 47.1 Å². The molecule has 1 N–H and O–H groups in total. The van der Waals surface area contributed by atoms with E-state index >= 15 is 0 Å². The number of hydrogen-bond donors (Lipinski definition) is 1. The van der Waals surface area contributed by atoms with Crippen molar-refractivity contribution in [3.8, 4) is 0 Å². The Hall–Kier alpha value is -0.460. The maximum Gasteiger partial charge on any atom is 0.0143 e. The van der Waals surface area contributed by atoms with E-state index in [2.05, 4.69) is 39.6 Å². The summed E-state index contributed by atoms with van der Waals surface area (Å²) in [4.78, 5) is 0. The van der Waals surface area contributed by atoms with Crippen LogP contribution in [-0.2, 0) is 0 Å². The topological polar surface area (TPSA) is 12.0 Å². The van der Waals surface area contributed by atoms with Gasteiger partial charge in [-0.2, -0.15) is 0 Å². The first kappa shape index (κ1) is 11.5. The van der Waals surface area contributed by atoms with Crippen molar-refractivity contribution >= 4 is 0 Å². The summed E-state index contributed by atoms with van der Waals surface area (Å²) in [6, 6.07) is 0. The van der Waals surface area contributed by atoms with Crippen LogP contribution in [0, 0.1) is 5.41 Å². The smallest absolute Gasteiger partial charge is 0.0143 e. The second-order valence-corrected chi connectivity index (χ2v) is 4.36. The van der Waals surface area contributed by atoms with E-state index in [9.17, 15) is 0 Å². The van der Waals surface area contributed by atoms with Crippen molar-refractivity contribution in [2.75, 3.05) is 6.54 Å². The summed E-state index contributed by atoms with van der Waals surface area (Å²) in [7, 11) is 0. The first-order valence-corrected chi connectivity index (χ1v) is 4.91. The monoisotopic (exact) mass is 169 g/mol. The van der Waals surface area contributed by atoms with Crippen molar-refractivity contribution in [3.05, 3.63) is 12.3 Å². The SMILES string of the molecule is C=C(NCCCCC)C(C)(C)C. The van der Waals surface area contributed by atoms with Crippen LogP contribution in [0.15, 0.2) is 12.3 Å². The molecule has 0 unspecified atom stereocenters. The van der Waals surface area contributed by atoms with Gasteiger partial charge in [0, 0.05) is 17.7 Å². The molecule has 0 aliphatic carbocycles. The lowest BCUT2D eigenvalue weighted by Gasteiger charge is -2.23. The molecule has 1 nitrogen and oxygen atoms in total. The Morgan fingerprint density at radius 3 is 2.25 bits per heavy atom. The van der Waals surface area contributed by atoms with Gasteiger partial charge in [0.15, 0.2) is 0 Å². The highest BCUT2D eigenvalue weighted by Gasteiger charge is 2.13. The lowest BCUT2D eigenvalue weighted by Crippen LogP contribution is -2.24. The fourth-order valence-corrected chi connectivity index (χ4v) is 0.879. The molecule has 0 aromatic heterocycles. The minimum atomic E-state index is 0.201. The lowest BCUT2D eigenvalue weighted by molar-refractivity contribution is 0.458. The lowest BCUT2D eigenvalue weighted by atomic mass is 9.93. The maximum atomic E-state index is 4.01. The molecule has 0 spiro atoms. The van der Waals surface area contributed by atoms with Crippen LogP contribution in [0.3, 0.4) is 0 Å². The second-order valence-electron chi connectivity index (χ2n) is 4.36. The summed E-state index contributed by atoms with van der Waals surface area (Å²) >= 11 is 0. The molecule has 0 heterocycles. The van der Waals surface area contributed by atoms with E-state index in [1.165, 1.54) is 19.3 Å². The summed E-state index contributed by atoms with van der Waals surface area (Å²) in [6.45, 7) is 13.9. The predicted octanol–water partition coefficient (Wildman–Crippen LogP) is 3.33. The molecule has 0 saturated carbocycles. The molecular formula is C11H23N. The van der Waals surface area contributed by atoms with E-state index in [0.29, 0.717) is 0 Å². The van der Waals surface area contributed by atoms with E-state index < -0.39 is 0 Å². The first-order chi connectivity index (χ1) is 5.48. The molecule has 0 aromatic carbocycles. The zero-order valence-electron chi connectivity index (χ0n) is 9.04. The summed E-state index contributed by atoms with van der Waals surface area (Å²) < 4.78 is 0. The Balaban J connectivity index is 3.45. The van der Waals surface area contributed by atoms with Crippen LogP contribution in [0.25, 0.3) is 0 Å². The van der Waals surface area contributed by atoms with Crippen LogP contribution in [0.5, 0.6) is 0 Å². The molecule has 72 valence electrons. The molecule has 0 aliphatic heterocycles. The number of nitrogens with one attached hydrogen (secondary N) is 1. The third-order valence-corrected chi connectivity index (χ3v) is 2.02. The molecule has 1 heteroatoms. The zero-order chi connectivity index (χ0) is 9.61. The Bertz CT molecular complexity index is 130. The summed E-state index contributed by atoms with van der Waals surface area (Å²) in [5.41, 5.74) is 1.35. The van der Waals surface area contributed by atoms with Crippen molar-refractivity contribution in [1.29, 1.82) is 0 Å². The van der Waals surface area contributed by atoms with Gasteiger partial charge in [-0.15, -0.1) is 0 Å². The number of rotatable bonds is 5.